The zero-order valence-corrected chi connectivity index (χ0v) is 12.4. The van der Waals surface area contributed by atoms with Crippen LogP contribution in [0.3, 0.4) is 0 Å². The molecule has 2 N–H and O–H groups in total. The van der Waals surface area contributed by atoms with E-state index in [1.807, 2.05) is 30.3 Å². The van der Waals surface area contributed by atoms with Crippen molar-refractivity contribution >= 4 is 17.3 Å². The molecular weight excluding hydrogens is 274 g/mol. The van der Waals surface area contributed by atoms with Gasteiger partial charge in [0.05, 0.1) is 5.56 Å². The molecule has 1 amide bonds. The summed E-state index contributed by atoms with van der Waals surface area (Å²) in [5.41, 5.74) is 3.95. The molecule has 2 aliphatic heterocycles. The van der Waals surface area contributed by atoms with Gasteiger partial charge in [-0.05, 0) is 31.0 Å². The third-order valence-corrected chi connectivity index (χ3v) is 4.44. The van der Waals surface area contributed by atoms with Crippen LogP contribution in [0.25, 0.3) is 0 Å². The van der Waals surface area contributed by atoms with E-state index >= 15 is 0 Å². The minimum Gasteiger partial charge on any atom is -0.371 e. The third kappa shape index (κ3) is 2.21. The summed E-state index contributed by atoms with van der Waals surface area (Å²) in [4.78, 5) is 14.7. The Morgan fingerprint density at radius 1 is 0.909 bits per heavy atom. The summed E-state index contributed by atoms with van der Waals surface area (Å²) < 4.78 is 0. The Kier molecular flexibility index (Phi) is 3.22. The van der Waals surface area contributed by atoms with Crippen LogP contribution in [0.1, 0.15) is 34.9 Å². The molecule has 2 aromatic carbocycles. The maximum absolute atomic E-state index is 12.3. The molecule has 1 fully saturated rings. The molecule has 22 heavy (non-hydrogen) atoms. The van der Waals surface area contributed by atoms with Crippen LogP contribution in [-0.2, 0) is 0 Å². The Bertz CT molecular complexity index is 707. The standard InChI is InChI=1S/C18H19N3O/c22-18-13-7-1-3-9-15(13)19-17(20-18)14-8-2-4-10-16(14)21-11-5-6-12-21/h1-4,7-10,17,19H,5-6,11-12H2,(H,20,22)/t17-/m0/s1. The smallest absolute Gasteiger partial charge is 0.255 e. The number of anilines is 2. The van der Waals surface area contributed by atoms with Crippen molar-refractivity contribution in [2.24, 2.45) is 0 Å². The summed E-state index contributed by atoms with van der Waals surface area (Å²) in [5, 5.41) is 6.52. The lowest BCUT2D eigenvalue weighted by molar-refractivity contribution is 0.0936. The monoisotopic (exact) mass is 293 g/mol. The van der Waals surface area contributed by atoms with E-state index in [0.717, 1.165) is 24.3 Å². The van der Waals surface area contributed by atoms with Crippen LogP contribution in [-0.4, -0.2) is 19.0 Å². The molecule has 1 atom stereocenters. The lowest BCUT2D eigenvalue weighted by Gasteiger charge is -2.31. The van der Waals surface area contributed by atoms with Crippen LogP contribution in [0.4, 0.5) is 11.4 Å². The Labute approximate surface area is 130 Å². The summed E-state index contributed by atoms with van der Waals surface area (Å²) >= 11 is 0. The molecule has 0 aromatic heterocycles. The molecule has 4 nitrogen and oxygen atoms in total. The molecule has 4 rings (SSSR count). The fraction of sp³-hybridized carbons (Fsp3) is 0.278. The molecule has 2 heterocycles. The van der Waals surface area contributed by atoms with Gasteiger partial charge in [-0.1, -0.05) is 30.3 Å². The quantitative estimate of drug-likeness (QED) is 0.894. The van der Waals surface area contributed by atoms with Crippen LogP contribution in [0.15, 0.2) is 48.5 Å². The maximum atomic E-state index is 12.3. The predicted molar refractivity (Wildman–Crippen MR) is 88.2 cm³/mol. The van der Waals surface area contributed by atoms with E-state index in [2.05, 4.69) is 33.7 Å². The SMILES string of the molecule is O=C1N[C@@H](c2ccccc2N2CCCC2)Nc2ccccc21. The van der Waals surface area contributed by atoms with E-state index in [0.29, 0.717) is 5.56 Å². The van der Waals surface area contributed by atoms with E-state index in [9.17, 15) is 4.79 Å². The first-order chi connectivity index (χ1) is 10.8. The number of carbonyl (C=O) groups excluding carboxylic acids is 1. The van der Waals surface area contributed by atoms with Crippen molar-refractivity contribution in [1.82, 2.24) is 5.32 Å². The minimum absolute atomic E-state index is 0.0180. The van der Waals surface area contributed by atoms with Gasteiger partial charge >= 0.3 is 0 Å². The zero-order chi connectivity index (χ0) is 14.9. The summed E-state index contributed by atoms with van der Waals surface area (Å²) in [6.07, 6.45) is 2.29. The van der Waals surface area contributed by atoms with Gasteiger partial charge in [-0.3, -0.25) is 4.79 Å². The Hall–Kier alpha value is -2.49. The molecule has 0 aliphatic carbocycles. The van der Waals surface area contributed by atoms with E-state index in [-0.39, 0.29) is 12.1 Å². The second-order valence-corrected chi connectivity index (χ2v) is 5.85. The molecule has 0 bridgehead atoms. The molecule has 4 heteroatoms. The highest BCUT2D eigenvalue weighted by atomic mass is 16.2. The molecule has 0 unspecified atom stereocenters. The molecule has 112 valence electrons. The highest BCUT2D eigenvalue weighted by Gasteiger charge is 2.27. The Morgan fingerprint density at radius 2 is 1.64 bits per heavy atom. The van der Waals surface area contributed by atoms with Crippen molar-refractivity contribution in [2.45, 2.75) is 19.0 Å². The number of carbonyl (C=O) groups is 1. The average molecular weight is 293 g/mol. The largest absolute Gasteiger partial charge is 0.371 e. The van der Waals surface area contributed by atoms with Crippen molar-refractivity contribution in [3.05, 3.63) is 59.7 Å². The summed E-state index contributed by atoms with van der Waals surface area (Å²) in [6.45, 7) is 2.18. The van der Waals surface area contributed by atoms with Crippen molar-refractivity contribution in [3.63, 3.8) is 0 Å². The molecule has 0 spiro atoms. The molecule has 0 radical (unpaired) electrons. The Balaban J connectivity index is 1.70. The van der Waals surface area contributed by atoms with E-state index in [1.165, 1.54) is 18.5 Å². The molecular formula is C18H19N3O. The van der Waals surface area contributed by atoms with Crippen molar-refractivity contribution < 1.29 is 4.79 Å². The van der Waals surface area contributed by atoms with Gasteiger partial charge in [-0.25, -0.2) is 0 Å². The van der Waals surface area contributed by atoms with Crippen LogP contribution < -0.4 is 15.5 Å². The summed E-state index contributed by atoms with van der Waals surface area (Å²) in [7, 11) is 0. The minimum atomic E-state index is -0.181. The van der Waals surface area contributed by atoms with E-state index in [1.54, 1.807) is 0 Å². The molecule has 2 aromatic rings. The number of hydrogen-bond acceptors (Lipinski definition) is 3. The van der Waals surface area contributed by atoms with Gasteiger partial charge in [0.15, 0.2) is 0 Å². The van der Waals surface area contributed by atoms with Crippen molar-refractivity contribution in [1.29, 1.82) is 0 Å². The average Bonchev–Trinajstić information content (AvgIpc) is 3.09. The molecule has 2 aliphatic rings. The predicted octanol–water partition coefficient (Wildman–Crippen LogP) is 3.14. The van der Waals surface area contributed by atoms with Gasteiger partial charge in [0.25, 0.3) is 5.91 Å². The van der Waals surface area contributed by atoms with E-state index in [4.69, 9.17) is 0 Å². The first kappa shape index (κ1) is 13.2. The highest BCUT2D eigenvalue weighted by Crippen LogP contribution is 2.32. The Morgan fingerprint density at radius 3 is 2.50 bits per heavy atom. The maximum Gasteiger partial charge on any atom is 0.255 e. The van der Waals surface area contributed by atoms with Crippen molar-refractivity contribution in [3.8, 4) is 0 Å². The first-order valence-electron chi connectivity index (χ1n) is 7.83. The van der Waals surface area contributed by atoms with Crippen LogP contribution in [0.2, 0.25) is 0 Å². The number of nitrogens with zero attached hydrogens (tertiary/aromatic N) is 1. The van der Waals surface area contributed by atoms with Gasteiger partial charge in [0.1, 0.15) is 6.17 Å². The number of rotatable bonds is 2. The van der Waals surface area contributed by atoms with Gasteiger partial charge in [0, 0.05) is 30.0 Å². The van der Waals surface area contributed by atoms with Gasteiger partial charge in [-0.2, -0.15) is 0 Å². The summed E-state index contributed by atoms with van der Waals surface area (Å²) in [6, 6.07) is 16.0. The number of amides is 1. The number of hydrogen-bond donors (Lipinski definition) is 2. The second kappa shape index (κ2) is 5.37. The van der Waals surface area contributed by atoms with Crippen LogP contribution in [0, 0.1) is 0 Å². The first-order valence-corrected chi connectivity index (χ1v) is 7.83. The van der Waals surface area contributed by atoms with E-state index < -0.39 is 0 Å². The van der Waals surface area contributed by atoms with Gasteiger partial charge in [0.2, 0.25) is 0 Å². The number of benzene rings is 2. The third-order valence-electron chi connectivity index (χ3n) is 4.44. The van der Waals surface area contributed by atoms with Crippen molar-refractivity contribution in [2.75, 3.05) is 23.3 Å². The highest BCUT2D eigenvalue weighted by molar-refractivity contribution is 6.01. The normalized spacial score (nSPS) is 20.3. The lowest BCUT2D eigenvalue weighted by atomic mass is 10.0. The lowest BCUT2D eigenvalue weighted by Crippen LogP contribution is -2.39. The second-order valence-electron chi connectivity index (χ2n) is 5.85. The van der Waals surface area contributed by atoms with Gasteiger partial charge < -0.3 is 15.5 Å². The number of fused-ring (bicyclic) bond motifs is 1. The number of nitrogens with one attached hydrogen (secondary N) is 2. The van der Waals surface area contributed by atoms with Crippen LogP contribution in [0.5, 0.6) is 0 Å². The molecule has 1 saturated heterocycles. The summed E-state index contributed by atoms with van der Waals surface area (Å²) in [5.74, 6) is -0.0180. The fourth-order valence-electron chi connectivity index (χ4n) is 3.34. The molecule has 0 saturated carbocycles. The van der Waals surface area contributed by atoms with Crippen LogP contribution >= 0.6 is 0 Å². The zero-order valence-electron chi connectivity index (χ0n) is 12.4. The number of para-hydroxylation sites is 2. The van der Waals surface area contributed by atoms with Gasteiger partial charge in [-0.15, -0.1) is 0 Å². The fourth-order valence-corrected chi connectivity index (χ4v) is 3.34. The topological polar surface area (TPSA) is 44.4 Å².